The zero-order valence-electron chi connectivity index (χ0n) is 11.4. The van der Waals surface area contributed by atoms with Crippen molar-refractivity contribution in [3.63, 3.8) is 0 Å². The number of halogens is 1. The van der Waals surface area contributed by atoms with Gasteiger partial charge < -0.3 is 26.3 Å². The van der Waals surface area contributed by atoms with Crippen molar-refractivity contribution in [3.8, 4) is 11.5 Å². The van der Waals surface area contributed by atoms with Gasteiger partial charge >= 0.3 is 23.1 Å². The fourth-order valence-corrected chi connectivity index (χ4v) is 2.01. The maximum absolute atomic E-state index is 11.7. The van der Waals surface area contributed by atoms with Crippen LogP contribution in [0.4, 0.5) is 0 Å². The molecule has 0 bridgehead atoms. The third kappa shape index (κ3) is 6.29. The molecular formula is C14H14ClMgO3P. The fourth-order valence-electron chi connectivity index (χ4n) is 1.39. The van der Waals surface area contributed by atoms with Gasteiger partial charge in [0.1, 0.15) is 11.5 Å². The molecule has 102 valence electrons. The zero-order chi connectivity index (χ0) is 13.0. The summed E-state index contributed by atoms with van der Waals surface area (Å²) in [6, 6.07) is 14.6. The van der Waals surface area contributed by atoms with Crippen LogP contribution in [0.25, 0.3) is 0 Å². The van der Waals surface area contributed by atoms with Gasteiger partial charge in [0.2, 0.25) is 8.60 Å². The van der Waals surface area contributed by atoms with E-state index in [9.17, 15) is 4.89 Å². The Morgan fingerprint density at radius 1 is 0.750 bits per heavy atom. The van der Waals surface area contributed by atoms with Gasteiger partial charge in [-0.2, -0.15) is 0 Å². The summed E-state index contributed by atoms with van der Waals surface area (Å²) in [5, 5.41) is 0. The molecule has 20 heavy (non-hydrogen) atoms. The van der Waals surface area contributed by atoms with Crippen molar-refractivity contribution < 1.29 is 26.3 Å². The first-order valence-electron chi connectivity index (χ1n) is 5.60. The molecule has 2 aromatic carbocycles. The molecule has 0 spiro atoms. The molecule has 0 atom stereocenters. The Balaban J connectivity index is 0.00000180. The Morgan fingerprint density at radius 2 is 1.05 bits per heavy atom. The summed E-state index contributed by atoms with van der Waals surface area (Å²) in [4.78, 5) is 11.7. The molecule has 3 nitrogen and oxygen atoms in total. The summed E-state index contributed by atoms with van der Waals surface area (Å²) in [7, 11) is -2.20. The van der Waals surface area contributed by atoms with E-state index in [1.165, 1.54) is 0 Å². The summed E-state index contributed by atoms with van der Waals surface area (Å²) in [5.74, 6) is 1.07. The van der Waals surface area contributed by atoms with Crippen LogP contribution in [0, 0.1) is 13.8 Å². The van der Waals surface area contributed by atoms with Crippen molar-refractivity contribution in [2.75, 3.05) is 0 Å². The van der Waals surface area contributed by atoms with Gasteiger partial charge in [-0.3, -0.25) is 0 Å². The fraction of sp³-hybridized carbons (Fsp3) is 0.143. The maximum atomic E-state index is 11.7. The van der Waals surface area contributed by atoms with E-state index in [-0.39, 0.29) is 35.5 Å². The third-order valence-electron chi connectivity index (χ3n) is 2.40. The summed E-state index contributed by atoms with van der Waals surface area (Å²) in [6.45, 7) is 3.96. The van der Waals surface area contributed by atoms with E-state index in [4.69, 9.17) is 9.05 Å². The molecular weight excluding hydrogens is 307 g/mol. The van der Waals surface area contributed by atoms with E-state index >= 15 is 0 Å². The molecule has 2 aromatic rings. The normalized spacial score (nSPS) is 9.40. The van der Waals surface area contributed by atoms with Crippen LogP contribution < -0.4 is 26.3 Å². The van der Waals surface area contributed by atoms with Crippen LogP contribution in [0.5, 0.6) is 11.5 Å². The molecule has 2 rings (SSSR count). The molecule has 0 heterocycles. The summed E-state index contributed by atoms with van der Waals surface area (Å²) >= 11 is 0. The van der Waals surface area contributed by atoms with Gasteiger partial charge in [-0.1, -0.05) is 35.4 Å². The second-order valence-corrected chi connectivity index (χ2v) is 4.84. The van der Waals surface area contributed by atoms with Gasteiger partial charge in [-0.25, -0.2) is 0 Å². The minimum absolute atomic E-state index is 0. The molecule has 0 amide bonds. The average Bonchev–Trinajstić information content (AvgIpc) is 2.35. The van der Waals surface area contributed by atoms with Crippen molar-refractivity contribution in [1.82, 2.24) is 0 Å². The average molecular weight is 321 g/mol. The molecule has 0 aliphatic carbocycles. The second-order valence-electron chi connectivity index (χ2n) is 4.03. The Kier molecular flexibility index (Phi) is 9.19. The van der Waals surface area contributed by atoms with Crippen LogP contribution >= 0.6 is 8.60 Å². The van der Waals surface area contributed by atoms with Gasteiger partial charge in [-0.15, -0.1) is 0 Å². The first-order chi connectivity index (χ1) is 8.63. The Bertz CT molecular complexity index is 457. The van der Waals surface area contributed by atoms with E-state index in [2.05, 4.69) is 0 Å². The Morgan fingerprint density at radius 3 is 1.35 bits per heavy atom. The quantitative estimate of drug-likeness (QED) is 0.587. The predicted octanol–water partition coefficient (Wildman–Crippen LogP) is -0.0284. The molecule has 0 aliphatic rings. The standard InChI is InChI=1S/C14H14O3P.ClH.Mg/c1-11-3-7-13(8-4-11)16-18(15)17-14-9-5-12(2)6-10-14;;/h3-10H,1-2H3;1H;/q-1;;+2/p-1. The SMILES string of the molecule is Cc1ccc(OP([O-])Oc2ccc(C)cc2)cc1.[Cl-].[Mg+2]. The molecule has 0 fully saturated rings. The summed E-state index contributed by atoms with van der Waals surface area (Å²) in [5.41, 5.74) is 2.24. The first-order valence-corrected chi connectivity index (χ1v) is 6.69. The van der Waals surface area contributed by atoms with Crippen molar-refractivity contribution in [2.24, 2.45) is 0 Å². The van der Waals surface area contributed by atoms with Gasteiger partial charge in [0.05, 0.1) is 0 Å². The van der Waals surface area contributed by atoms with Crippen LogP contribution in [0.1, 0.15) is 11.1 Å². The number of hydrogen-bond donors (Lipinski definition) is 0. The molecule has 0 aromatic heterocycles. The van der Waals surface area contributed by atoms with E-state index in [0.717, 1.165) is 11.1 Å². The molecule has 0 unspecified atom stereocenters. The van der Waals surface area contributed by atoms with Gasteiger partial charge in [-0.05, 0) is 38.1 Å². The van der Waals surface area contributed by atoms with Crippen LogP contribution in [0.3, 0.4) is 0 Å². The number of aryl methyl sites for hydroxylation is 2. The summed E-state index contributed by atoms with van der Waals surface area (Å²) in [6.07, 6.45) is 0. The maximum Gasteiger partial charge on any atom is 2.00 e. The van der Waals surface area contributed by atoms with Gasteiger partial charge in [0, 0.05) is 0 Å². The van der Waals surface area contributed by atoms with Crippen LogP contribution in [-0.4, -0.2) is 23.1 Å². The zero-order valence-corrected chi connectivity index (χ0v) is 14.4. The number of rotatable bonds is 4. The number of hydrogen-bond acceptors (Lipinski definition) is 3. The topological polar surface area (TPSA) is 41.5 Å². The molecule has 6 heteroatoms. The Labute approximate surface area is 142 Å². The van der Waals surface area contributed by atoms with E-state index in [0.29, 0.717) is 11.5 Å². The number of benzene rings is 2. The second kappa shape index (κ2) is 9.43. The molecule has 0 N–H and O–H groups in total. The third-order valence-corrected chi connectivity index (χ3v) is 3.12. The van der Waals surface area contributed by atoms with Crippen LogP contribution in [-0.2, 0) is 0 Å². The van der Waals surface area contributed by atoms with Crippen LogP contribution in [0.15, 0.2) is 48.5 Å². The van der Waals surface area contributed by atoms with Crippen LogP contribution in [0.2, 0.25) is 0 Å². The predicted molar refractivity (Wildman–Crippen MR) is 76.3 cm³/mol. The Hall–Kier alpha value is -0.514. The molecule has 0 aliphatic heterocycles. The van der Waals surface area contributed by atoms with E-state index in [1.807, 2.05) is 38.1 Å². The van der Waals surface area contributed by atoms with Gasteiger partial charge in [0.15, 0.2) is 0 Å². The van der Waals surface area contributed by atoms with Gasteiger partial charge in [0.25, 0.3) is 0 Å². The van der Waals surface area contributed by atoms with Crippen molar-refractivity contribution >= 4 is 31.7 Å². The minimum atomic E-state index is -2.20. The summed E-state index contributed by atoms with van der Waals surface area (Å²) < 4.78 is 10.4. The van der Waals surface area contributed by atoms with E-state index in [1.54, 1.807) is 24.3 Å². The minimum Gasteiger partial charge on any atom is -1.00 e. The monoisotopic (exact) mass is 320 g/mol. The smallest absolute Gasteiger partial charge is 1.00 e. The molecule has 0 radical (unpaired) electrons. The first kappa shape index (κ1) is 19.5. The molecule has 0 saturated heterocycles. The van der Waals surface area contributed by atoms with Crippen molar-refractivity contribution in [3.05, 3.63) is 59.7 Å². The molecule has 0 saturated carbocycles. The largest absolute Gasteiger partial charge is 2.00 e. The van der Waals surface area contributed by atoms with E-state index < -0.39 is 8.60 Å². The van der Waals surface area contributed by atoms with Crippen molar-refractivity contribution in [1.29, 1.82) is 0 Å². The van der Waals surface area contributed by atoms with Crippen molar-refractivity contribution in [2.45, 2.75) is 13.8 Å².